The van der Waals surface area contributed by atoms with Crippen LogP contribution in [0.5, 0.6) is 0 Å². The first kappa shape index (κ1) is 15.3. The number of para-hydroxylation sites is 2. The summed E-state index contributed by atoms with van der Waals surface area (Å²) in [5.41, 5.74) is 6.97. The van der Waals surface area contributed by atoms with Crippen molar-refractivity contribution < 1.29 is 9.18 Å². The van der Waals surface area contributed by atoms with Gasteiger partial charge < -0.3 is 10.6 Å². The molecule has 0 fully saturated rings. The average molecular weight is 307 g/mol. The van der Waals surface area contributed by atoms with E-state index in [-0.39, 0.29) is 10.6 Å². The van der Waals surface area contributed by atoms with Gasteiger partial charge in [-0.3, -0.25) is 4.79 Å². The Kier molecular flexibility index (Phi) is 4.81. The molecule has 0 heterocycles. The second-order valence-corrected chi connectivity index (χ2v) is 5.08. The topological polar surface area (TPSA) is 46.3 Å². The Hall–Kier alpha value is -2.07. The van der Waals surface area contributed by atoms with Gasteiger partial charge in [0.2, 0.25) is 0 Å². The highest BCUT2D eigenvalue weighted by atomic mass is 35.5. The lowest BCUT2D eigenvalue weighted by Crippen LogP contribution is -2.33. The summed E-state index contributed by atoms with van der Waals surface area (Å²) in [4.78, 5) is 14.1. The van der Waals surface area contributed by atoms with Crippen molar-refractivity contribution in [2.24, 2.45) is 0 Å². The molecule has 5 heteroatoms. The number of anilines is 2. The lowest BCUT2D eigenvalue weighted by atomic mass is 10.1. The minimum atomic E-state index is -0.636. The number of hydrogen-bond donors (Lipinski definition) is 1. The lowest BCUT2D eigenvalue weighted by molar-refractivity contribution is 0.0983. The molecule has 0 aliphatic heterocycles. The molecule has 2 aromatic carbocycles. The van der Waals surface area contributed by atoms with E-state index in [2.05, 4.69) is 0 Å². The number of benzene rings is 2. The zero-order valence-electron chi connectivity index (χ0n) is 11.6. The number of carbonyl (C=O) groups excluding carboxylic acids is 1. The number of halogens is 2. The molecule has 3 nitrogen and oxygen atoms in total. The number of amides is 1. The summed E-state index contributed by atoms with van der Waals surface area (Å²) in [6.07, 6.45) is 0.731. The third kappa shape index (κ3) is 3.34. The molecule has 0 unspecified atom stereocenters. The fourth-order valence-corrected chi connectivity index (χ4v) is 2.26. The predicted octanol–water partition coefficient (Wildman–Crippen LogP) is 4.12. The van der Waals surface area contributed by atoms with E-state index < -0.39 is 11.7 Å². The van der Waals surface area contributed by atoms with E-state index in [4.69, 9.17) is 17.3 Å². The van der Waals surface area contributed by atoms with Crippen LogP contribution < -0.4 is 10.6 Å². The maximum atomic E-state index is 14.0. The third-order valence-corrected chi connectivity index (χ3v) is 3.32. The van der Waals surface area contributed by atoms with Gasteiger partial charge in [-0.05, 0) is 36.8 Å². The molecule has 2 aromatic rings. The van der Waals surface area contributed by atoms with Crippen molar-refractivity contribution in [3.63, 3.8) is 0 Å². The molecule has 0 saturated heterocycles. The highest BCUT2D eigenvalue weighted by Crippen LogP contribution is 2.26. The molecule has 0 atom stereocenters. The van der Waals surface area contributed by atoms with Crippen LogP contribution in [0.2, 0.25) is 5.02 Å². The van der Waals surface area contributed by atoms with Crippen molar-refractivity contribution in [2.45, 2.75) is 13.3 Å². The summed E-state index contributed by atoms with van der Waals surface area (Å²) >= 11 is 5.72. The summed E-state index contributed by atoms with van der Waals surface area (Å²) in [5.74, 6) is -1.06. The van der Waals surface area contributed by atoms with Gasteiger partial charge in [-0.15, -0.1) is 0 Å². The molecule has 0 aromatic heterocycles. The summed E-state index contributed by atoms with van der Waals surface area (Å²) < 4.78 is 14.0. The minimum absolute atomic E-state index is 0.0175. The van der Waals surface area contributed by atoms with Crippen molar-refractivity contribution in [2.75, 3.05) is 17.2 Å². The predicted molar refractivity (Wildman–Crippen MR) is 84.2 cm³/mol. The number of carbonyl (C=O) groups is 1. The van der Waals surface area contributed by atoms with Gasteiger partial charge in [0, 0.05) is 11.6 Å². The van der Waals surface area contributed by atoms with Crippen LogP contribution in [-0.2, 0) is 0 Å². The maximum absolute atomic E-state index is 14.0. The van der Waals surface area contributed by atoms with Crippen LogP contribution in [0.1, 0.15) is 23.7 Å². The van der Waals surface area contributed by atoms with Crippen molar-refractivity contribution in [3.05, 3.63) is 58.9 Å². The molecule has 21 heavy (non-hydrogen) atoms. The van der Waals surface area contributed by atoms with Crippen LogP contribution in [0.4, 0.5) is 15.8 Å². The molecule has 0 saturated carbocycles. The first-order valence-corrected chi connectivity index (χ1v) is 7.03. The number of nitrogens with zero attached hydrogens (tertiary/aromatic N) is 1. The van der Waals surface area contributed by atoms with Crippen LogP contribution in [0.15, 0.2) is 42.5 Å². The summed E-state index contributed by atoms with van der Waals surface area (Å²) in [5, 5.41) is 0.255. The molecule has 0 radical (unpaired) electrons. The van der Waals surface area contributed by atoms with Gasteiger partial charge in [0.05, 0.1) is 16.9 Å². The van der Waals surface area contributed by atoms with Crippen LogP contribution >= 0.6 is 11.6 Å². The smallest absolute Gasteiger partial charge is 0.261 e. The fourth-order valence-electron chi connectivity index (χ4n) is 2.10. The summed E-state index contributed by atoms with van der Waals surface area (Å²) in [6.45, 7) is 2.40. The van der Waals surface area contributed by atoms with Gasteiger partial charge in [0.15, 0.2) is 0 Å². The van der Waals surface area contributed by atoms with Gasteiger partial charge >= 0.3 is 0 Å². The normalized spacial score (nSPS) is 10.4. The van der Waals surface area contributed by atoms with E-state index in [1.54, 1.807) is 24.3 Å². The largest absolute Gasteiger partial charge is 0.397 e. The second kappa shape index (κ2) is 6.59. The molecule has 0 spiro atoms. The van der Waals surface area contributed by atoms with Crippen molar-refractivity contribution in [1.82, 2.24) is 0 Å². The van der Waals surface area contributed by atoms with Gasteiger partial charge in [0.25, 0.3) is 5.91 Å². The van der Waals surface area contributed by atoms with Crippen molar-refractivity contribution in [1.29, 1.82) is 0 Å². The van der Waals surface area contributed by atoms with Crippen LogP contribution in [0.25, 0.3) is 0 Å². The average Bonchev–Trinajstić information content (AvgIpc) is 2.45. The van der Waals surface area contributed by atoms with E-state index in [1.807, 2.05) is 6.92 Å². The monoisotopic (exact) mass is 306 g/mol. The van der Waals surface area contributed by atoms with E-state index >= 15 is 0 Å². The lowest BCUT2D eigenvalue weighted by Gasteiger charge is -2.24. The molecule has 0 aliphatic rings. The molecule has 110 valence electrons. The second-order valence-electron chi connectivity index (χ2n) is 4.64. The Bertz CT molecular complexity index is 660. The number of nitrogens with two attached hydrogens (primary N) is 1. The minimum Gasteiger partial charge on any atom is -0.397 e. The molecule has 0 aliphatic carbocycles. The van der Waals surface area contributed by atoms with E-state index in [1.165, 1.54) is 17.0 Å². The molecular formula is C16H16ClFN2O. The van der Waals surface area contributed by atoms with E-state index in [0.29, 0.717) is 17.9 Å². The van der Waals surface area contributed by atoms with Crippen LogP contribution in [0, 0.1) is 5.82 Å². The zero-order valence-corrected chi connectivity index (χ0v) is 12.4. The molecule has 0 bridgehead atoms. The molecular weight excluding hydrogens is 291 g/mol. The van der Waals surface area contributed by atoms with E-state index in [9.17, 15) is 9.18 Å². The Balaban J connectivity index is 2.43. The summed E-state index contributed by atoms with van der Waals surface area (Å²) in [6, 6.07) is 11.1. The van der Waals surface area contributed by atoms with Gasteiger partial charge in [0.1, 0.15) is 5.82 Å². The summed E-state index contributed by atoms with van der Waals surface area (Å²) in [7, 11) is 0. The Labute approximate surface area is 128 Å². The first-order chi connectivity index (χ1) is 10.0. The van der Waals surface area contributed by atoms with Crippen LogP contribution in [-0.4, -0.2) is 12.5 Å². The quantitative estimate of drug-likeness (QED) is 0.864. The van der Waals surface area contributed by atoms with Crippen molar-refractivity contribution >= 4 is 28.9 Å². The van der Waals surface area contributed by atoms with Crippen molar-refractivity contribution in [3.8, 4) is 0 Å². The SMILES string of the molecule is CCCN(C(=O)c1ccc(Cl)cc1F)c1ccccc1N. The molecule has 1 amide bonds. The highest BCUT2D eigenvalue weighted by Gasteiger charge is 2.21. The number of hydrogen-bond acceptors (Lipinski definition) is 2. The Morgan fingerprint density at radius 1 is 1.29 bits per heavy atom. The number of nitrogen functional groups attached to an aromatic ring is 1. The molecule has 2 rings (SSSR count). The van der Waals surface area contributed by atoms with Gasteiger partial charge in [-0.1, -0.05) is 30.7 Å². The maximum Gasteiger partial charge on any atom is 0.261 e. The van der Waals surface area contributed by atoms with Gasteiger partial charge in [-0.2, -0.15) is 0 Å². The van der Waals surface area contributed by atoms with E-state index in [0.717, 1.165) is 12.5 Å². The fraction of sp³-hybridized carbons (Fsp3) is 0.188. The van der Waals surface area contributed by atoms with Crippen LogP contribution in [0.3, 0.4) is 0 Å². The first-order valence-electron chi connectivity index (χ1n) is 6.66. The Morgan fingerprint density at radius 3 is 2.62 bits per heavy atom. The molecule has 2 N–H and O–H groups in total. The third-order valence-electron chi connectivity index (χ3n) is 3.08. The zero-order chi connectivity index (χ0) is 15.4. The standard InChI is InChI=1S/C16H16ClFN2O/c1-2-9-20(15-6-4-3-5-14(15)19)16(21)12-8-7-11(17)10-13(12)18/h3-8,10H,2,9,19H2,1H3. The van der Waals surface area contributed by atoms with Gasteiger partial charge in [-0.25, -0.2) is 4.39 Å². The number of rotatable bonds is 4. The Morgan fingerprint density at radius 2 is 2.00 bits per heavy atom. The highest BCUT2D eigenvalue weighted by molar-refractivity contribution is 6.30.